The molecule has 230 valence electrons. The first-order chi connectivity index (χ1) is 24.1. The molecule has 0 fully saturated rings. The summed E-state index contributed by atoms with van der Waals surface area (Å²) in [5.74, 6) is 0.738. The molecule has 0 saturated carbocycles. The first kappa shape index (κ1) is 27.9. The van der Waals surface area contributed by atoms with Crippen molar-refractivity contribution in [2.24, 2.45) is 0 Å². The Balaban J connectivity index is 1.18. The first-order valence-electron chi connectivity index (χ1n) is 17.0. The van der Waals surface area contributed by atoms with Gasteiger partial charge in [0.1, 0.15) is 0 Å². The quantitative estimate of drug-likeness (QED) is 0.183. The van der Waals surface area contributed by atoms with Crippen LogP contribution in [0.1, 0.15) is 25.0 Å². The number of benzene rings is 8. The fourth-order valence-electron chi connectivity index (χ4n) is 8.35. The van der Waals surface area contributed by atoms with Crippen LogP contribution in [0.2, 0.25) is 0 Å². The topological polar surface area (TPSA) is 25.8 Å². The Morgan fingerprint density at radius 2 is 1.10 bits per heavy atom. The molecule has 0 radical (unpaired) electrons. The lowest BCUT2D eigenvalue weighted by Crippen LogP contribution is -2.15. The molecule has 1 aliphatic carbocycles. The maximum atomic E-state index is 5.13. The van der Waals surface area contributed by atoms with Crippen LogP contribution in [0.15, 0.2) is 158 Å². The lowest BCUT2D eigenvalue weighted by atomic mass is 9.78. The minimum absolute atomic E-state index is 0.0914. The minimum atomic E-state index is -0.0914. The van der Waals surface area contributed by atoms with Gasteiger partial charge in [-0.1, -0.05) is 153 Å². The van der Waals surface area contributed by atoms with Gasteiger partial charge in [-0.05, 0) is 83.9 Å². The highest BCUT2D eigenvalue weighted by Crippen LogP contribution is 2.55. The van der Waals surface area contributed by atoms with E-state index >= 15 is 0 Å². The van der Waals surface area contributed by atoms with E-state index in [2.05, 4.69) is 147 Å². The molecule has 0 amide bonds. The van der Waals surface area contributed by atoms with Gasteiger partial charge in [0.15, 0.2) is 5.82 Å². The molecule has 0 spiro atoms. The van der Waals surface area contributed by atoms with Crippen molar-refractivity contribution in [3.63, 3.8) is 0 Å². The second-order valence-electron chi connectivity index (χ2n) is 13.8. The number of aromatic nitrogens is 2. The van der Waals surface area contributed by atoms with Crippen molar-refractivity contribution in [2.75, 3.05) is 0 Å². The molecule has 2 heteroatoms. The van der Waals surface area contributed by atoms with E-state index in [-0.39, 0.29) is 5.41 Å². The summed E-state index contributed by atoms with van der Waals surface area (Å²) in [6.45, 7) is 4.77. The minimum Gasteiger partial charge on any atom is -0.228 e. The second kappa shape index (κ2) is 10.4. The molecule has 9 aromatic rings. The molecule has 0 atom stereocenters. The summed E-state index contributed by atoms with van der Waals surface area (Å²) < 4.78 is 0. The van der Waals surface area contributed by atoms with Gasteiger partial charge in [0.05, 0.1) is 11.2 Å². The molecule has 0 unspecified atom stereocenters. The third kappa shape index (κ3) is 4.14. The third-order valence-electron chi connectivity index (χ3n) is 10.6. The summed E-state index contributed by atoms with van der Waals surface area (Å²) in [5, 5.41) is 8.90. The van der Waals surface area contributed by atoms with Crippen LogP contribution in [-0.2, 0) is 5.41 Å². The molecule has 8 aromatic carbocycles. The molecule has 0 aliphatic heterocycles. The summed E-state index contributed by atoms with van der Waals surface area (Å²) in [7, 11) is 0. The maximum Gasteiger partial charge on any atom is 0.160 e. The smallest absolute Gasteiger partial charge is 0.160 e. The van der Waals surface area contributed by atoms with E-state index in [4.69, 9.17) is 9.97 Å². The predicted molar refractivity (Wildman–Crippen MR) is 206 cm³/mol. The van der Waals surface area contributed by atoms with Gasteiger partial charge in [-0.2, -0.15) is 0 Å². The first-order valence-corrected chi connectivity index (χ1v) is 17.0. The van der Waals surface area contributed by atoms with E-state index in [9.17, 15) is 0 Å². The summed E-state index contributed by atoms with van der Waals surface area (Å²) in [6.07, 6.45) is 0. The van der Waals surface area contributed by atoms with Crippen LogP contribution in [-0.4, -0.2) is 9.97 Å². The van der Waals surface area contributed by atoms with E-state index < -0.39 is 0 Å². The molecule has 0 saturated heterocycles. The maximum absolute atomic E-state index is 5.13. The number of rotatable bonds is 3. The van der Waals surface area contributed by atoms with E-state index in [1.54, 1.807) is 0 Å². The third-order valence-corrected chi connectivity index (χ3v) is 10.6. The average Bonchev–Trinajstić information content (AvgIpc) is 3.41. The highest BCUT2D eigenvalue weighted by molar-refractivity contribution is 6.26. The lowest BCUT2D eigenvalue weighted by molar-refractivity contribution is 0.666. The predicted octanol–water partition coefficient (Wildman–Crippen LogP) is 12.4. The summed E-state index contributed by atoms with van der Waals surface area (Å²) in [5.41, 5.74) is 11.8. The van der Waals surface area contributed by atoms with Crippen LogP contribution in [0.5, 0.6) is 0 Å². The molecule has 10 rings (SSSR count). The zero-order valence-electron chi connectivity index (χ0n) is 27.4. The average molecular weight is 625 g/mol. The van der Waals surface area contributed by atoms with E-state index in [1.807, 2.05) is 24.3 Å². The van der Waals surface area contributed by atoms with E-state index in [0.29, 0.717) is 0 Å². The van der Waals surface area contributed by atoms with Crippen LogP contribution in [0.25, 0.3) is 88.1 Å². The van der Waals surface area contributed by atoms with Crippen molar-refractivity contribution in [3.8, 4) is 44.9 Å². The van der Waals surface area contributed by atoms with Crippen molar-refractivity contribution in [1.29, 1.82) is 0 Å². The molecule has 1 heterocycles. The normalized spacial score (nSPS) is 13.3. The van der Waals surface area contributed by atoms with Crippen molar-refractivity contribution in [1.82, 2.24) is 9.97 Å². The Morgan fingerprint density at radius 1 is 0.449 bits per heavy atom. The zero-order chi connectivity index (χ0) is 32.7. The molecule has 0 bridgehead atoms. The second-order valence-corrected chi connectivity index (χ2v) is 13.8. The summed E-state index contributed by atoms with van der Waals surface area (Å²) >= 11 is 0. The molecule has 1 aromatic heterocycles. The largest absolute Gasteiger partial charge is 0.228 e. The van der Waals surface area contributed by atoms with E-state index in [0.717, 1.165) is 39.1 Å². The standard InChI is InChI=1S/C47H32N2/c1-47(2)40-20-12-11-19-37(40)43-36-18-10-9-17-35(36)42-34-24-21-31(27-33(34)22-25-38(42)44(43)47)32-23-26-41-39(28-32)45(29-13-5-3-6-14-29)49-46(48-41)30-15-7-4-8-16-30/h3-28H,1-2H3. The van der Waals surface area contributed by atoms with Crippen molar-refractivity contribution < 1.29 is 0 Å². The van der Waals surface area contributed by atoms with Crippen molar-refractivity contribution >= 4 is 43.2 Å². The Bertz CT molecular complexity index is 2780. The highest BCUT2D eigenvalue weighted by atomic mass is 14.9. The van der Waals surface area contributed by atoms with Gasteiger partial charge < -0.3 is 0 Å². The molecular weight excluding hydrogens is 593 g/mol. The number of hydrogen-bond donors (Lipinski definition) is 0. The van der Waals surface area contributed by atoms with Gasteiger partial charge in [0, 0.05) is 21.9 Å². The Morgan fingerprint density at radius 3 is 1.92 bits per heavy atom. The van der Waals surface area contributed by atoms with Crippen LogP contribution in [0, 0.1) is 0 Å². The number of hydrogen-bond acceptors (Lipinski definition) is 2. The van der Waals surface area contributed by atoms with Gasteiger partial charge in [0.25, 0.3) is 0 Å². The Hall–Kier alpha value is -6.12. The highest BCUT2D eigenvalue weighted by Gasteiger charge is 2.38. The van der Waals surface area contributed by atoms with Gasteiger partial charge in [0.2, 0.25) is 0 Å². The summed E-state index contributed by atoms with van der Waals surface area (Å²) in [4.78, 5) is 10.2. The molecule has 0 N–H and O–H groups in total. The monoisotopic (exact) mass is 624 g/mol. The van der Waals surface area contributed by atoms with Gasteiger partial charge in [-0.15, -0.1) is 0 Å². The van der Waals surface area contributed by atoms with Crippen LogP contribution >= 0.6 is 0 Å². The van der Waals surface area contributed by atoms with E-state index in [1.165, 1.54) is 60.1 Å². The van der Waals surface area contributed by atoms with Crippen LogP contribution < -0.4 is 0 Å². The number of fused-ring (bicyclic) bond motifs is 11. The van der Waals surface area contributed by atoms with Gasteiger partial charge in [-0.3, -0.25) is 0 Å². The summed E-state index contributed by atoms with van der Waals surface area (Å²) in [6, 6.07) is 56.9. The van der Waals surface area contributed by atoms with Gasteiger partial charge >= 0.3 is 0 Å². The fourth-order valence-corrected chi connectivity index (χ4v) is 8.35. The number of nitrogens with zero attached hydrogens (tertiary/aromatic N) is 2. The van der Waals surface area contributed by atoms with Crippen molar-refractivity contribution in [3.05, 3.63) is 169 Å². The molecule has 1 aliphatic rings. The zero-order valence-corrected chi connectivity index (χ0v) is 27.4. The van der Waals surface area contributed by atoms with Gasteiger partial charge in [-0.25, -0.2) is 9.97 Å². The Kier molecular flexibility index (Phi) is 5.95. The Labute approximate surface area is 285 Å². The lowest BCUT2D eigenvalue weighted by Gasteiger charge is -2.24. The molecular formula is C47H32N2. The van der Waals surface area contributed by atoms with Crippen LogP contribution in [0.4, 0.5) is 0 Å². The molecule has 2 nitrogen and oxygen atoms in total. The SMILES string of the molecule is CC1(C)c2ccccc2-c2c1c1ccc3cc(-c4ccc5nc(-c6ccccc6)nc(-c6ccccc6)c5c4)ccc3c1c1ccccc21. The van der Waals surface area contributed by atoms with Crippen LogP contribution in [0.3, 0.4) is 0 Å². The fraction of sp³-hybridized carbons (Fsp3) is 0.0638. The van der Waals surface area contributed by atoms with Crippen molar-refractivity contribution in [2.45, 2.75) is 19.3 Å². The molecule has 49 heavy (non-hydrogen) atoms.